The molecule has 0 bridgehead atoms. The van der Waals surface area contributed by atoms with Gasteiger partial charge in [-0.2, -0.15) is 20.2 Å². The fourth-order valence-electron chi connectivity index (χ4n) is 5.85. The maximum absolute atomic E-state index is 12.9. The molecule has 5 nitrogen and oxygen atoms in total. The zero-order valence-electron chi connectivity index (χ0n) is 27.2. The highest BCUT2D eigenvalue weighted by Crippen LogP contribution is 2.51. The third kappa shape index (κ3) is 8.76. The molecular formula is C40H40ClNO4S2. The summed E-state index contributed by atoms with van der Waals surface area (Å²) in [6, 6.07) is 34.8. The summed E-state index contributed by atoms with van der Waals surface area (Å²) in [7, 11) is -3.81. The van der Waals surface area contributed by atoms with E-state index in [1.54, 1.807) is 30.3 Å². The van der Waals surface area contributed by atoms with Crippen molar-refractivity contribution in [1.29, 1.82) is 0 Å². The van der Waals surface area contributed by atoms with Crippen LogP contribution in [0.5, 0.6) is 0 Å². The molecule has 1 aliphatic carbocycles. The molecule has 0 radical (unpaired) electrons. The van der Waals surface area contributed by atoms with E-state index in [0.717, 1.165) is 64.7 Å². The molecule has 48 heavy (non-hydrogen) atoms. The van der Waals surface area contributed by atoms with E-state index in [2.05, 4.69) is 42.5 Å². The first-order valence-electron chi connectivity index (χ1n) is 16.2. The van der Waals surface area contributed by atoms with E-state index in [-0.39, 0.29) is 22.2 Å². The Morgan fingerprint density at radius 1 is 0.938 bits per heavy atom. The normalized spacial score (nSPS) is 15.2. The number of aryl methyl sites for hydroxylation is 1. The van der Waals surface area contributed by atoms with Gasteiger partial charge in [-0.25, -0.2) is 4.98 Å². The maximum Gasteiger partial charge on any atom is 0.296 e. The van der Waals surface area contributed by atoms with E-state index in [9.17, 15) is 13.5 Å². The van der Waals surface area contributed by atoms with Gasteiger partial charge in [-0.3, -0.25) is 4.18 Å². The third-order valence-corrected chi connectivity index (χ3v) is 12.1. The molecule has 248 valence electrons. The lowest BCUT2D eigenvalue weighted by Crippen LogP contribution is -2.19. The van der Waals surface area contributed by atoms with Crippen LogP contribution in [-0.2, 0) is 26.3 Å². The SMILES string of the molecule is CC(C)(O)c1ccccc1CC[C@@H](SCC1(COS(=O)(=O)c2ccccc2)CC1)c1cccc(/C=C/c2ccc3ccc(Cl)cc3n2)c1. The summed E-state index contributed by atoms with van der Waals surface area (Å²) in [5.74, 6) is 0.790. The fraction of sp³-hybridized carbons (Fsp3) is 0.275. The van der Waals surface area contributed by atoms with Crippen LogP contribution in [0.15, 0.2) is 114 Å². The van der Waals surface area contributed by atoms with Gasteiger partial charge in [0.2, 0.25) is 0 Å². The highest BCUT2D eigenvalue weighted by atomic mass is 35.5. The molecule has 1 atom stereocenters. The molecule has 5 aromatic rings. The van der Waals surface area contributed by atoms with Crippen LogP contribution >= 0.6 is 23.4 Å². The number of halogens is 1. The Morgan fingerprint density at radius 3 is 2.46 bits per heavy atom. The largest absolute Gasteiger partial charge is 0.386 e. The minimum Gasteiger partial charge on any atom is -0.386 e. The van der Waals surface area contributed by atoms with Crippen molar-refractivity contribution in [3.8, 4) is 0 Å². The summed E-state index contributed by atoms with van der Waals surface area (Å²) in [4.78, 5) is 4.95. The third-order valence-electron chi connectivity index (χ3n) is 8.86. The number of aromatic nitrogens is 1. The van der Waals surface area contributed by atoms with Crippen molar-refractivity contribution in [2.45, 2.75) is 55.3 Å². The van der Waals surface area contributed by atoms with Gasteiger partial charge in [-0.1, -0.05) is 96.5 Å². The van der Waals surface area contributed by atoms with Crippen LogP contribution in [0, 0.1) is 5.41 Å². The predicted molar refractivity (Wildman–Crippen MR) is 199 cm³/mol. The molecule has 6 rings (SSSR count). The van der Waals surface area contributed by atoms with Gasteiger partial charge in [0.25, 0.3) is 10.1 Å². The van der Waals surface area contributed by atoms with Crippen LogP contribution in [0.2, 0.25) is 5.02 Å². The predicted octanol–water partition coefficient (Wildman–Crippen LogP) is 9.88. The summed E-state index contributed by atoms with van der Waals surface area (Å²) in [5, 5.41) is 12.7. The maximum atomic E-state index is 12.9. The average molecular weight is 698 g/mol. The Morgan fingerprint density at radius 2 is 1.69 bits per heavy atom. The number of pyridine rings is 1. The lowest BCUT2D eigenvalue weighted by Gasteiger charge is -2.24. The number of aliphatic hydroxyl groups is 1. The molecule has 8 heteroatoms. The molecule has 1 aromatic heterocycles. The van der Waals surface area contributed by atoms with Gasteiger partial charge in [-0.15, -0.1) is 0 Å². The molecule has 1 aliphatic rings. The van der Waals surface area contributed by atoms with E-state index < -0.39 is 15.7 Å². The van der Waals surface area contributed by atoms with Crippen molar-refractivity contribution in [2.24, 2.45) is 5.41 Å². The van der Waals surface area contributed by atoms with Crippen molar-refractivity contribution >= 4 is 56.5 Å². The van der Waals surface area contributed by atoms with Crippen molar-refractivity contribution in [2.75, 3.05) is 12.4 Å². The Balaban J connectivity index is 1.21. The van der Waals surface area contributed by atoms with Gasteiger partial charge in [0.15, 0.2) is 0 Å². The number of rotatable bonds is 14. The molecule has 0 unspecified atom stereocenters. The Bertz CT molecular complexity index is 2020. The number of nitrogens with zero attached hydrogens (tertiary/aromatic N) is 1. The van der Waals surface area contributed by atoms with Gasteiger partial charge in [0.05, 0.1) is 28.3 Å². The van der Waals surface area contributed by atoms with Gasteiger partial charge in [0.1, 0.15) is 0 Å². The fourth-order valence-corrected chi connectivity index (χ4v) is 8.60. The Hall–Kier alpha value is -3.46. The first kappa shape index (κ1) is 34.4. The number of thioether (sulfide) groups is 1. The molecule has 4 aromatic carbocycles. The summed E-state index contributed by atoms with van der Waals surface area (Å²) in [5.41, 5.74) is 4.95. The monoisotopic (exact) mass is 697 g/mol. The van der Waals surface area contributed by atoms with E-state index in [1.165, 1.54) is 5.56 Å². The molecule has 0 amide bonds. The molecule has 0 saturated heterocycles. The van der Waals surface area contributed by atoms with Crippen LogP contribution in [-0.4, -0.2) is 30.9 Å². The molecule has 1 N–H and O–H groups in total. The van der Waals surface area contributed by atoms with E-state index in [0.29, 0.717) is 5.02 Å². The van der Waals surface area contributed by atoms with Gasteiger partial charge >= 0.3 is 0 Å². The topological polar surface area (TPSA) is 76.5 Å². The summed E-state index contributed by atoms with van der Waals surface area (Å²) in [6.07, 6.45) is 7.63. The van der Waals surface area contributed by atoms with E-state index in [4.69, 9.17) is 20.8 Å². The van der Waals surface area contributed by atoms with Gasteiger partial charge in [-0.05, 0) is 98.2 Å². The smallest absolute Gasteiger partial charge is 0.296 e. The van der Waals surface area contributed by atoms with Crippen LogP contribution in [0.25, 0.3) is 23.1 Å². The lowest BCUT2D eigenvalue weighted by atomic mass is 9.90. The first-order chi connectivity index (χ1) is 23.0. The summed E-state index contributed by atoms with van der Waals surface area (Å²) in [6.45, 7) is 3.83. The number of benzene rings is 4. The first-order valence-corrected chi connectivity index (χ1v) is 19.0. The molecule has 1 heterocycles. The number of hydrogen-bond acceptors (Lipinski definition) is 6. The quantitative estimate of drug-likeness (QED) is 0.116. The van der Waals surface area contributed by atoms with Crippen LogP contribution < -0.4 is 0 Å². The van der Waals surface area contributed by atoms with Gasteiger partial charge < -0.3 is 5.11 Å². The van der Waals surface area contributed by atoms with Crippen molar-refractivity contribution in [1.82, 2.24) is 4.98 Å². The Kier molecular flexibility index (Phi) is 10.4. The number of fused-ring (bicyclic) bond motifs is 1. The zero-order chi connectivity index (χ0) is 33.8. The van der Waals surface area contributed by atoms with E-state index >= 15 is 0 Å². The molecule has 0 aliphatic heterocycles. The minimum atomic E-state index is -3.81. The molecular weight excluding hydrogens is 658 g/mol. The minimum absolute atomic E-state index is 0.150. The van der Waals surface area contributed by atoms with Crippen LogP contribution in [0.4, 0.5) is 0 Å². The lowest BCUT2D eigenvalue weighted by molar-refractivity contribution is 0.0776. The second-order valence-electron chi connectivity index (χ2n) is 13.2. The number of hydrogen-bond donors (Lipinski definition) is 1. The second-order valence-corrected chi connectivity index (χ2v) is 16.4. The highest BCUT2D eigenvalue weighted by Gasteiger charge is 2.44. The molecule has 1 saturated carbocycles. The summed E-state index contributed by atoms with van der Waals surface area (Å²) < 4.78 is 31.3. The Labute approximate surface area is 293 Å². The van der Waals surface area contributed by atoms with Crippen molar-refractivity contribution in [3.63, 3.8) is 0 Å². The molecule has 0 spiro atoms. The van der Waals surface area contributed by atoms with Gasteiger partial charge in [0, 0.05) is 26.8 Å². The van der Waals surface area contributed by atoms with Crippen molar-refractivity contribution < 1.29 is 17.7 Å². The average Bonchev–Trinajstić information content (AvgIpc) is 3.86. The molecule has 1 fully saturated rings. The van der Waals surface area contributed by atoms with Crippen LogP contribution in [0.1, 0.15) is 66.3 Å². The second kappa shape index (κ2) is 14.6. The standard InChI is InChI=1S/C40H40ClNO4S2/c1-39(2,43)36-14-7-6-10-30(36)18-22-38(47-28-40(23-24-40)27-46-48(44,45)35-12-4-3-5-13-35)32-11-8-9-29(25-32)15-20-34-21-17-31-16-19-33(41)26-37(31)42-34/h3-17,19-21,25-26,38,43H,18,22-24,27-28H2,1-2H3/b20-15+/t38-/m1/s1. The van der Waals surface area contributed by atoms with E-state index in [1.807, 2.05) is 74.1 Å². The van der Waals surface area contributed by atoms with Crippen molar-refractivity contribution in [3.05, 3.63) is 142 Å². The highest BCUT2D eigenvalue weighted by molar-refractivity contribution is 7.99. The summed E-state index contributed by atoms with van der Waals surface area (Å²) >= 11 is 8.06. The zero-order valence-corrected chi connectivity index (χ0v) is 29.6. The van der Waals surface area contributed by atoms with Crippen LogP contribution in [0.3, 0.4) is 0 Å².